The second-order valence-corrected chi connectivity index (χ2v) is 14.8. The molecule has 0 spiro atoms. The number of furan rings is 1. The summed E-state index contributed by atoms with van der Waals surface area (Å²) in [6.07, 6.45) is 4.40. The largest absolute Gasteiger partial charge is 0.456 e. The average molecular weight is 703 g/mol. The van der Waals surface area contributed by atoms with E-state index in [1.165, 1.54) is 88.4 Å². The van der Waals surface area contributed by atoms with Crippen LogP contribution in [-0.4, -0.2) is 9.13 Å². The zero-order valence-electron chi connectivity index (χ0n) is 30.0. The molecule has 258 valence electrons. The van der Waals surface area contributed by atoms with Crippen molar-refractivity contribution in [2.45, 2.75) is 12.8 Å². The van der Waals surface area contributed by atoms with E-state index < -0.39 is 0 Å². The van der Waals surface area contributed by atoms with Gasteiger partial charge in [0.05, 0.1) is 22.1 Å². The van der Waals surface area contributed by atoms with Crippen LogP contribution in [0.3, 0.4) is 0 Å². The summed E-state index contributed by atoms with van der Waals surface area (Å²) in [6, 6.07) is 64.2. The fourth-order valence-corrected chi connectivity index (χ4v) is 9.35. The van der Waals surface area contributed by atoms with Gasteiger partial charge in [-0.05, 0) is 113 Å². The molecular weight excluding hydrogens is 669 g/mol. The molecule has 0 saturated carbocycles. The summed E-state index contributed by atoms with van der Waals surface area (Å²) in [4.78, 5) is 0. The van der Waals surface area contributed by atoms with Crippen LogP contribution in [0.1, 0.15) is 23.1 Å². The Kier molecular flexibility index (Phi) is 6.46. The maximum absolute atomic E-state index is 6.19. The van der Waals surface area contributed by atoms with Gasteiger partial charge < -0.3 is 13.6 Å². The van der Waals surface area contributed by atoms with Gasteiger partial charge >= 0.3 is 0 Å². The molecule has 0 bridgehead atoms. The van der Waals surface area contributed by atoms with Gasteiger partial charge in [-0.1, -0.05) is 115 Å². The van der Waals surface area contributed by atoms with E-state index in [2.05, 4.69) is 185 Å². The summed E-state index contributed by atoms with van der Waals surface area (Å²) in [5.41, 5.74) is 16.8. The van der Waals surface area contributed by atoms with E-state index in [-0.39, 0.29) is 0 Å². The van der Waals surface area contributed by atoms with E-state index in [0.717, 1.165) is 34.8 Å². The smallest absolute Gasteiger partial charge is 0.135 e. The monoisotopic (exact) mass is 702 g/mol. The molecule has 0 saturated heterocycles. The Labute approximate surface area is 317 Å². The van der Waals surface area contributed by atoms with Crippen molar-refractivity contribution < 1.29 is 4.42 Å². The third-order valence-corrected chi connectivity index (χ3v) is 11.8. The lowest BCUT2D eigenvalue weighted by atomic mass is 9.85. The van der Waals surface area contributed by atoms with Crippen LogP contribution in [0.5, 0.6) is 0 Å². The summed E-state index contributed by atoms with van der Waals surface area (Å²) < 4.78 is 11.1. The number of fused-ring (bicyclic) bond motifs is 10. The second-order valence-electron chi connectivity index (χ2n) is 14.8. The Balaban J connectivity index is 1.03. The quantitative estimate of drug-likeness (QED) is 0.179. The van der Waals surface area contributed by atoms with Crippen LogP contribution >= 0.6 is 0 Å². The van der Waals surface area contributed by atoms with Crippen LogP contribution < -0.4 is 0 Å². The summed E-state index contributed by atoms with van der Waals surface area (Å²) in [6.45, 7) is 0. The van der Waals surface area contributed by atoms with Gasteiger partial charge in [0.15, 0.2) is 0 Å². The molecule has 3 nitrogen and oxygen atoms in total. The first-order valence-electron chi connectivity index (χ1n) is 19.2. The topological polar surface area (TPSA) is 23.0 Å². The van der Waals surface area contributed by atoms with Gasteiger partial charge in [-0.2, -0.15) is 0 Å². The molecule has 55 heavy (non-hydrogen) atoms. The highest BCUT2D eigenvalue weighted by Crippen LogP contribution is 2.42. The molecule has 1 aliphatic rings. The van der Waals surface area contributed by atoms with E-state index in [1.807, 2.05) is 6.07 Å². The maximum atomic E-state index is 6.19. The molecule has 0 amide bonds. The Hall–Kier alpha value is -7.10. The molecule has 0 radical (unpaired) electrons. The number of hydrogen-bond donors (Lipinski definition) is 0. The first kappa shape index (κ1) is 30.4. The number of allylic oxidation sites excluding steroid dienone is 1. The molecule has 0 atom stereocenters. The fourth-order valence-electron chi connectivity index (χ4n) is 9.35. The molecule has 12 rings (SSSR count). The van der Waals surface area contributed by atoms with Gasteiger partial charge in [0.1, 0.15) is 11.2 Å². The highest BCUT2D eigenvalue weighted by molar-refractivity contribution is 6.13. The lowest BCUT2D eigenvalue weighted by Crippen LogP contribution is -2.07. The van der Waals surface area contributed by atoms with Crippen LogP contribution in [0.2, 0.25) is 0 Å². The molecule has 3 heterocycles. The van der Waals surface area contributed by atoms with E-state index in [4.69, 9.17) is 4.42 Å². The van der Waals surface area contributed by atoms with E-state index in [0.29, 0.717) is 0 Å². The Bertz CT molecular complexity index is 3370. The number of rotatable bonds is 4. The molecule has 3 aromatic heterocycles. The number of hydrogen-bond acceptors (Lipinski definition) is 1. The van der Waals surface area contributed by atoms with Gasteiger partial charge in [-0.15, -0.1) is 0 Å². The molecule has 0 unspecified atom stereocenters. The molecule has 8 aromatic carbocycles. The second kappa shape index (κ2) is 11.7. The summed E-state index contributed by atoms with van der Waals surface area (Å²) in [5, 5.41) is 7.38. The van der Waals surface area contributed by atoms with E-state index in [9.17, 15) is 0 Å². The third kappa shape index (κ3) is 4.50. The van der Waals surface area contributed by atoms with Crippen molar-refractivity contribution in [1.29, 1.82) is 0 Å². The van der Waals surface area contributed by atoms with E-state index >= 15 is 0 Å². The first-order chi connectivity index (χ1) is 27.3. The number of para-hydroxylation sites is 4. The van der Waals surface area contributed by atoms with Crippen molar-refractivity contribution in [3.05, 3.63) is 199 Å². The van der Waals surface area contributed by atoms with Crippen LogP contribution in [0.25, 0.3) is 93.6 Å². The minimum atomic E-state index is 0.928. The van der Waals surface area contributed by atoms with Crippen LogP contribution in [0.15, 0.2) is 186 Å². The van der Waals surface area contributed by atoms with Gasteiger partial charge in [-0.3, -0.25) is 0 Å². The lowest BCUT2D eigenvalue weighted by molar-refractivity contribution is 0.669. The first-order valence-corrected chi connectivity index (χ1v) is 19.2. The zero-order valence-corrected chi connectivity index (χ0v) is 30.0. The molecule has 0 fully saturated rings. The van der Waals surface area contributed by atoms with Gasteiger partial charge in [0.25, 0.3) is 0 Å². The SMILES string of the molecule is C1=C(c2ccc3oc4ccccc4c3c2)c2cccc(-n3c4ccccc4c4ccc(-c5ccc6c(c5)c5ccccc5n6-c5ccccc5)cc43)c2CC1. The lowest BCUT2D eigenvalue weighted by Gasteiger charge is -2.23. The highest BCUT2D eigenvalue weighted by Gasteiger charge is 2.22. The summed E-state index contributed by atoms with van der Waals surface area (Å²) >= 11 is 0. The maximum Gasteiger partial charge on any atom is 0.135 e. The van der Waals surface area contributed by atoms with Gasteiger partial charge in [0.2, 0.25) is 0 Å². The third-order valence-electron chi connectivity index (χ3n) is 11.8. The minimum absolute atomic E-state index is 0.928. The summed E-state index contributed by atoms with van der Waals surface area (Å²) in [5.74, 6) is 0. The average Bonchev–Trinajstić information content (AvgIpc) is 3.90. The number of aromatic nitrogens is 2. The van der Waals surface area contributed by atoms with Crippen molar-refractivity contribution in [3.63, 3.8) is 0 Å². The predicted molar refractivity (Wildman–Crippen MR) is 230 cm³/mol. The fraction of sp³-hybridized carbons (Fsp3) is 0.0385. The molecule has 1 aliphatic carbocycles. The molecule has 0 aliphatic heterocycles. The predicted octanol–water partition coefficient (Wildman–Crippen LogP) is 13.8. The highest BCUT2D eigenvalue weighted by atomic mass is 16.3. The van der Waals surface area contributed by atoms with Crippen molar-refractivity contribution >= 4 is 71.1 Å². The van der Waals surface area contributed by atoms with Crippen molar-refractivity contribution in [2.24, 2.45) is 0 Å². The zero-order chi connectivity index (χ0) is 36.0. The van der Waals surface area contributed by atoms with Crippen molar-refractivity contribution in [1.82, 2.24) is 9.13 Å². The van der Waals surface area contributed by atoms with Gasteiger partial charge in [0, 0.05) is 43.7 Å². The minimum Gasteiger partial charge on any atom is -0.456 e. The standard InChI is InChI=1S/C52H34N2O/c1-2-12-36(13-3-1)53-46-20-7-5-15-41(46)44-30-33(25-28-49(44)53)34-24-27-42-40-14-4-8-21-47(40)54(50(42)32-34)48-22-11-18-38-37(17-10-19-39(38)48)35-26-29-52-45(31-35)43-16-6-9-23-51(43)55-52/h1-9,11-18,20-32H,10,19H2. The Morgan fingerprint density at radius 1 is 0.400 bits per heavy atom. The molecule has 11 aromatic rings. The normalized spacial score (nSPS) is 13.1. The summed E-state index contributed by atoms with van der Waals surface area (Å²) in [7, 11) is 0. The van der Waals surface area contributed by atoms with E-state index in [1.54, 1.807) is 0 Å². The number of benzene rings is 8. The molecule has 3 heteroatoms. The van der Waals surface area contributed by atoms with Gasteiger partial charge in [-0.25, -0.2) is 0 Å². The van der Waals surface area contributed by atoms with Crippen LogP contribution in [-0.2, 0) is 6.42 Å². The van der Waals surface area contributed by atoms with Crippen molar-refractivity contribution in [3.8, 4) is 22.5 Å². The van der Waals surface area contributed by atoms with Crippen LogP contribution in [0.4, 0.5) is 0 Å². The molecule has 0 N–H and O–H groups in total. The van der Waals surface area contributed by atoms with Crippen LogP contribution in [0, 0.1) is 0 Å². The number of nitrogens with zero attached hydrogens (tertiary/aromatic N) is 2. The Morgan fingerprint density at radius 3 is 1.91 bits per heavy atom. The Morgan fingerprint density at radius 2 is 1.04 bits per heavy atom. The molecular formula is C52H34N2O. The van der Waals surface area contributed by atoms with Crippen molar-refractivity contribution in [2.75, 3.05) is 0 Å².